The molecule has 0 spiro atoms. The predicted molar refractivity (Wildman–Crippen MR) is 223 cm³/mol. The van der Waals surface area contributed by atoms with E-state index in [4.69, 9.17) is 18.9 Å². The molecular formula is C45H73NO7S2. The van der Waals surface area contributed by atoms with E-state index in [1.165, 1.54) is 0 Å². The Balaban J connectivity index is 1.69. The first kappa shape index (κ1) is 45.9. The van der Waals surface area contributed by atoms with Crippen molar-refractivity contribution in [2.75, 3.05) is 25.6 Å². The summed E-state index contributed by atoms with van der Waals surface area (Å²) in [5.41, 5.74) is -7.42. The smallest absolute Gasteiger partial charge is 0.313 e. The molecule has 3 aliphatic carbocycles. The largest absolute Gasteiger partial charge is 0.465 e. The van der Waals surface area contributed by atoms with Gasteiger partial charge in [-0.1, -0.05) is 106 Å². The SMILES string of the molecule is CCCCOC(=O)C1(C(C)(C)C2(C)CC2(C(=O)OC(C)(C)COC(C)(C)C)C(C)(C)C)CC1(C)C(C)(C)C1(C(=O)OCCSSc2ccccn2)CC1(C)C. The van der Waals surface area contributed by atoms with Gasteiger partial charge >= 0.3 is 17.9 Å². The number of ether oxygens (including phenoxy) is 4. The van der Waals surface area contributed by atoms with Gasteiger partial charge in [-0.15, -0.1) is 0 Å². The van der Waals surface area contributed by atoms with E-state index in [0.717, 1.165) is 17.9 Å². The van der Waals surface area contributed by atoms with Gasteiger partial charge in [-0.2, -0.15) is 0 Å². The zero-order valence-corrected chi connectivity index (χ0v) is 38.9. The van der Waals surface area contributed by atoms with Crippen LogP contribution in [-0.2, 0) is 33.3 Å². The first-order valence-electron chi connectivity index (χ1n) is 20.4. The molecule has 1 heterocycles. The maximum absolute atomic E-state index is 15.0. The zero-order chi connectivity index (χ0) is 42.0. The molecule has 3 aliphatic rings. The van der Waals surface area contributed by atoms with Crippen molar-refractivity contribution >= 4 is 39.5 Å². The second kappa shape index (κ2) is 14.8. The first-order chi connectivity index (χ1) is 24.9. The Hall–Kier alpha value is -1.78. The molecule has 5 atom stereocenters. The third-order valence-electron chi connectivity index (χ3n) is 15.0. The molecule has 0 aliphatic heterocycles. The number of pyridine rings is 1. The highest BCUT2D eigenvalue weighted by atomic mass is 33.1. The van der Waals surface area contributed by atoms with Gasteiger partial charge in [0.15, 0.2) is 0 Å². The fourth-order valence-electron chi connectivity index (χ4n) is 10.9. The highest BCUT2D eigenvalue weighted by Crippen LogP contribution is 2.92. The average Bonchev–Trinajstić information content (AvgIpc) is 4.00. The van der Waals surface area contributed by atoms with Crippen molar-refractivity contribution in [2.24, 2.45) is 48.7 Å². The second-order valence-corrected chi connectivity index (χ2v) is 24.0. The summed E-state index contributed by atoms with van der Waals surface area (Å²) in [6.45, 7) is 36.4. The average molecular weight is 804 g/mol. The van der Waals surface area contributed by atoms with Gasteiger partial charge < -0.3 is 18.9 Å². The molecule has 3 fully saturated rings. The molecular weight excluding hydrogens is 731 g/mol. The summed E-state index contributed by atoms with van der Waals surface area (Å²) < 4.78 is 24.9. The lowest BCUT2D eigenvalue weighted by Crippen LogP contribution is -2.54. The van der Waals surface area contributed by atoms with Crippen LogP contribution in [0.1, 0.15) is 150 Å². The number of esters is 3. The Morgan fingerprint density at radius 1 is 0.727 bits per heavy atom. The summed E-state index contributed by atoms with van der Waals surface area (Å²) >= 11 is 0. The standard InChI is InChI=1S/C45H73NO7S2/c1-18-19-24-50-33(48)45(40(14,15)41(16)28-43(41,35(2,3)4)34(49)53-38(10,11)30-52-36(5,6)7)29-42(45,17)39(12,13)44(27-37(44,8)9)32(47)51-25-26-54-55-31-22-20-21-23-46-31/h20-23H,18-19,24-30H2,1-17H3. The molecule has 0 saturated heterocycles. The predicted octanol–water partition coefficient (Wildman–Crippen LogP) is 11.2. The van der Waals surface area contributed by atoms with Crippen LogP contribution in [0.15, 0.2) is 29.4 Å². The molecule has 0 radical (unpaired) electrons. The summed E-state index contributed by atoms with van der Waals surface area (Å²) in [5, 5.41) is 0.914. The van der Waals surface area contributed by atoms with Crippen LogP contribution in [0.5, 0.6) is 0 Å². The Morgan fingerprint density at radius 3 is 1.76 bits per heavy atom. The first-order valence-corrected chi connectivity index (χ1v) is 22.7. The minimum absolute atomic E-state index is 0.199. The number of carbonyl (C=O) groups excluding carboxylic acids is 3. The molecule has 10 heteroatoms. The molecule has 5 unspecified atom stereocenters. The van der Waals surface area contributed by atoms with Gasteiger partial charge in [-0.25, -0.2) is 4.98 Å². The molecule has 312 valence electrons. The van der Waals surface area contributed by atoms with Crippen LogP contribution in [0.25, 0.3) is 0 Å². The lowest BCUT2D eigenvalue weighted by Gasteiger charge is -2.51. The van der Waals surface area contributed by atoms with Gasteiger partial charge in [0.1, 0.15) is 17.2 Å². The fraction of sp³-hybridized carbons (Fsp3) is 0.822. The monoisotopic (exact) mass is 803 g/mol. The summed E-state index contributed by atoms with van der Waals surface area (Å²) in [5.74, 6) is -0.0499. The normalized spacial score (nSPS) is 30.3. The van der Waals surface area contributed by atoms with E-state index in [0.29, 0.717) is 31.6 Å². The van der Waals surface area contributed by atoms with Crippen LogP contribution in [-0.4, -0.2) is 59.7 Å². The molecule has 4 rings (SSSR count). The highest BCUT2D eigenvalue weighted by molar-refractivity contribution is 8.76. The Bertz CT molecular complexity index is 1590. The lowest BCUT2D eigenvalue weighted by molar-refractivity contribution is -0.186. The van der Waals surface area contributed by atoms with Crippen molar-refractivity contribution in [1.82, 2.24) is 4.98 Å². The van der Waals surface area contributed by atoms with Gasteiger partial charge in [-0.3, -0.25) is 14.4 Å². The lowest BCUT2D eigenvalue weighted by atomic mass is 9.52. The van der Waals surface area contributed by atoms with Crippen molar-refractivity contribution < 1.29 is 33.3 Å². The second-order valence-electron chi connectivity index (χ2n) is 21.5. The fourth-order valence-corrected chi connectivity index (χ4v) is 12.6. The van der Waals surface area contributed by atoms with Crippen molar-refractivity contribution in [2.45, 2.75) is 166 Å². The van der Waals surface area contributed by atoms with E-state index < -0.39 is 48.9 Å². The molecule has 55 heavy (non-hydrogen) atoms. The molecule has 0 aromatic carbocycles. The molecule has 3 saturated carbocycles. The summed E-state index contributed by atoms with van der Waals surface area (Å²) in [7, 11) is 3.18. The van der Waals surface area contributed by atoms with Crippen LogP contribution in [0, 0.1) is 48.7 Å². The molecule has 0 N–H and O–H groups in total. The van der Waals surface area contributed by atoms with Crippen LogP contribution in [0.3, 0.4) is 0 Å². The minimum atomic E-state index is -0.981. The Kier molecular flexibility index (Phi) is 12.4. The van der Waals surface area contributed by atoms with Crippen molar-refractivity contribution in [3.05, 3.63) is 24.4 Å². The summed E-state index contributed by atoms with van der Waals surface area (Å²) in [6.07, 6.45) is 5.22. The third kappa shape index (κ3) is 7.42. The number of hydrogen-bond donors (Lipinski definition) is 0. The van der Waals surface area contributed by atoms with Crippen LogP contribution < -0.4 is 0 Å². The molecule has 8 nitrogen and oxygen atoms in total. The quantitative estimate of drug-likeness (QED) is 0.0617. The van der Waals surface area contributed by atoms with Gasteiger partial charge in [0.2, 0.25) is 0 Å². The van der Waals surface area contributed by atoms with Crippen molar-refractivity contribution in [1.29, 1.82) is 0 Å². The van der Waals surface area contributed by atoms with E-state index >= 15 is 0 Å². The minimum Gasteiger partial charge on any atom is -0.465 e. The van der Waals surface area contributed by atoms with Gasteiger partial charge in [0, 0.05) is 11.9 Å². The van der Waals surface area contributed by atoms with Gasteiger partial charge in [0.05, 0.1) is 35.1 Å². The number of unbranched alkanes of at least 4 members (excludes halogenated alkanes) is 1. The van der Waals surface area contributed by atoms with Crippen molar-refractivity contribution in [3.63, 3.8) is 0 Å². The maximum Gasteiger partial charge on any atom is 0.313 e. The van der Waals surface area contributed by atoms with E-state index in [-0.39, 0.29) is 42.1 Å². The van der Waals surface area contributed by atoms with Crippen molar-refractivity contribution in [3.8, 4) is 0 Å². The van der Waals surface area contributed by atoms with Gasteiger partial charge in [-0.05, 0) is 116 Å². The van der Waals surface area contributed by atoms with Gasteiger partial charge in [0.25, 0.3) is 0 Å². The maximum atomic E-state index is 15.0. The summed E-state index contributed by atoms with van der Waals surface area (Å²) in [4.78, 5) is 48.6. The van der Waals surface area contributed by atoms with E-state index in [2.05, 4.69) is 88.1 Å². The number of nitrogens with zero attached hydrogens (tertiary/aromatic N) is 1. The molecule has 0 bridgehead atoms. The number of hydrogen-bond acceptors (Lipinski definition) is 10. The number of rotatable bonds is 18. The number of carbonyl (C=O) groups is 3. The third-order valence-corrected chi connectivity index (χ3v) is 17.2. The van der Waals surface area contributed by atoms with E-state index in [1.54, 1.807) is 27.8 Å². The molecule has 1 aromatic rings. The molecule has 1 aromatic heterocycles. The Morgan fingerprint density at radius 2 is 1.25 bits per heavy atom. The highest BCUT2D eigenvalue weighted by Gasteiger charge is 2.93. The topological polar surface area (TPSA) is 101 Å². The van der Waals surface area contributed by atoms with E-state index in [9.17, 15) is 14.4 Å². The van der Waals surface area contributed by atoms with Crippen LogP contribution >= 0.6 is 21.6 Å². The molecule has 0 amide bonds. The van der Waals surface area contributed by atoms with Crippen LogP contribution in [0.2, 0.25) is 0 Å². The summed E-state index contributed by atoms with van der Waals surface area (Å²) in [6, 6.07) is 5.81. The zero-order valence-electron chi connectivity index (χ0n) is 37.3. The number of aromatic nitrogens is 1. The van der Waals surface area contributed by atoms with E-state index in [1.807, 2.05) is 52.8 Å². The Labute approximate surface area is 341 Å². The van der Waals surface area contributed by atoms with Crippen LogP contribution in [0.4, 0.5) is 0 Å².